The summed E-state index contributed by atoms with van der Waals surface area (Å²) in [6, 6.07) is 8.54. The lowest BCUT2D eigenvalue weighted by Gasteiger charge is -2.07. The summed E-state index contributed by atoms with van der Waals surface area (Å²) in [7, 11) is 0. The fourth-order valence-electron chi connectivity index (χ4n) is 1.43. The van der Waals surface area contributed by atoms with Gasteiger partial charge in [-0.2, -0.15) is 0 Å². The van der Waals surface area contributed by atoms with Crippen LogP contribution in [-0.2, 0) is 6.61 Å². The van der Waals surface area contributed by atoms with Crippen LogP contribution in [0.1, 0.15) is 5.56 Å². The lowest BCUT2D eigenvalue weighted by Crippen LogP contribution is -1.96. The Balaban J connectivity index is 2.08. The monoisotopic (exact) mass is 332 g/mol. The summed E-state index contributed by atoms with van der Waals surface area (Å²) in [5.74, 6) is -0.417. The fraction of sp³-hybridized carbons (Fsp3) is 0.0769. The Morgan fingerprint density at radius 3 is 2.56 bits per heavy atom. The van der Waals surface area contributed by atoms with Crippen LogP contribution >= 0.6 is 27.5 Å². The summed E-state index contributed by atoms with van der Waals surface area (Å²) >= 11 is 8.82. The second-order valence-corrected chi connectivity index (χ2v) is 4.97. The predicted molar refractivity (Wildman–Crippen MR) is 69.8 cm³/mol. The summed E-state index contributed by atoms with van der Waals surface area (Å²) in [6.45, 7) is 0.179. The second kappa shape index (κ2) is 5.67. The van der Waals surface area contributed by atoms with Gasteiger partial charge in [-0.25, -0.2) is 8.78 Å². The second-order valence-electron chi connectivity index (χ2n) is 3.64. The molecule has 5 heteroatoms. The SMILES string of the molecule is Fc1cc(Br)cc(COc2ccc(F)c(Cl)c2)c1. The van der Waals surface area contributed by atoms with Crippen LogP contribution in [0.5, 0.6) is 5.75 Å². The van der Waals surface area contributed by atoms with Gasteiger partial charge in [0.15, 0.2) is 0 Å². The molecule has 94 valence electrons. The van der Waals surface area contributed by atoms with Gasteiger partial charge in [-0.3, -0.25) is 0 Å². The molecular formula is C13H8BrClF2O. The normalized spacial score (nSPS) is 10.4. The van der Waals surface area contributed by atoms with Crippen molar-refractivity contribution in [3.8, 4) is 5.75 Å². The molecule has 0 aliphatic rings. The van der Waals surface area contributed by atoms with Crippen LogP contribution in [0.2, 0.25) is 5.02 Å². The minimum Gasteiger partial charge on any atom is -0.489 e. The summed E-state index contributed by atoms with van der Waals surface area (Å²) in [5.41, 5.74) is 0.669. The van der Waals surface area contributed by atoms with Crippen molar-refractivity contribution in [2.24, 2.45) is 0 Å². The first kappa shape index (κ1) is 13.3. The maximum Gasteiger partial charge on any atom is 0.142 e. The largest absolute Gasteiger partial charge is 0.489 e. The number of hydrogen-bond acceptors (Lipinski definition) is 1. The van der Waals surface area contributed by atoms with Gasteiger partial charge in [0.2, 0.25) is 0 Å². The van der Waals surface area contributed by atoms with E-state index in [9.17, 15) is 8.78 Å². The zero-order chi connectivity index (χ0) is 13.1. The molecule has 18 heavy (non-hydrogen) atoms. The van der Waals surface area contributed by atoms with E-state index >= 15 is 0 Å². The van der Waals surface area contributed by atoms with Crippen molar-refractivity contribution in [1.82, 2.24) is 0 Å². The van der Waals surface area contributed by atoms with Crippen molar-refractivity contribution < 1.29 is 13.5 Å². The maximum atomic E-state index is 13.1. The highest BCUT2D eigenvalue weighted by Gasteiger charge is 2.03. The molecule has 0 spiro atoms. The van der Waals surface area contributed by atoms with Crippen molar-refractivity contribution in [3.63, 3.8) is 0 Å². The number of benzene rings is 2. The lowest BCUT2D eigenvalue weighted by atomic mass is 10.2. The predicted octanol–water partition coefficient (Wildman–Crippen LogP) is 4.96. The summed E-state index contributed by atoms with van der Waals surface area (Å²) in [4.78, 5) is 0. The Kier molecular flexibility index (Phi) is 4.19. The van der Waals surface area contributed by atoms with Crippen molar-refractivity contribution in [2.45, 2.75) is 6.61 Å². The quantitative estimate of drug-likeness (QED) is 0.771. The fourth-order valence-corrected chi connectivity index (χ4v) is 2.11. The third kappa shape index (κ3) is 3.43. The maximum absolute atomic E-state index is 13.1. The van der Waals surface area contributed by atoms with Crippen LogP contribution in [0.4, 0.5) is 8.78 Å². The van der Waals surface area contributed by atoms with Crippen LogP contribution in [-0.4, -0.2) is 0 Å². The van der Waals surface area contributed by atoms with Gasteiger partial charge < -0.3 is 4.74 Å². The molecule has 0 bridgehead atoms. The highest BCUT2D eigenvalue weighted by Crippen LogP contribution is 2.22. The van der Waals surface area contributed by atoms with Crippen molar-refractivity contribution in [2.75, 3.05) is 0 Å². The van der Waals surface area contributed by atoms with Crippen LogP contribution < -0.4 is 4.74 Å². The molecule has 0 heterocycles. The van der Waals surface area contributed by atoms with E-state index < -0.39 is 5.82 Å². The van der Waals surface area contributed by atoms with Gasteiger partial charge in [-0.05, 0) is 35.9 Å². The molecule has 2 aromatic carbocycles. The van der Waals surface area contributed by atoms with Crippen LogP contribution in [0.3, 0.4) is 0 Å². The van der Waals surface area contributed by atoms with Gasteiger partial charge >= 0.3 is 0 Å². The molecular weight excluding hydrogens is 325 g/mol. The molecule has 0 fully saturated rings. The van der Waals surface area contributed by atoms with Crippen molar-refractivity contribution in [3.05, 3.63) is 63.1 Å². The number of ether oxygens (including phenoxy) is 1. The molecule has 0 amide bonds. The average Bonchev–Trinajstić information content (AvgIpc) is 2.29. The van der Waals surface area contributed by atoms with Gasteiger partial charge in [-0.15, -0.1) is 0 Å². The molecule has 2 aromatic rings. The number of hydrogen-bond donors (Lipinski definition) is 0. The average molecular weight is 334 g/mol. The van der Waals surface area contributed by atoms with Gasteiger partial charge in [0, 0.05) is 10.5 Å². The summed E-state index contributed by atoms with van der Waals surface area (Å²) in [5, 5.41) is -0.00655. The van der Waals surface area contributed by atoms with E-state index in [2.05, 4.69) is 15.9 Å². The van der Waals surface area contributed by atoms with Gasteiger partial charge in [0.05, 0.1) is 5.02 Å². The van der Waals surface area contributed by atoms with E-state index in [0.717, 1.165) is 0 Å². The van der Waals surface area contributed by atoms with Gasteiger partial charge in [0.1, 0.15) is 24.0 Å². The molecule has 1 nitrogen and oxygen atoms in total. The minimum atomic E-state index is -0.502. The zero-order valence-corrected chi connectivity index (χ0v) is 11.4. The Morgan fingerprint density at radius 1 is 1.11 bits per heavy atom. The standard InChI is InChI=1S/C13H8BrClF2O/c14-9-3-8(4-10(16)5-9)7-18-11-1-2-13(17)12(15)6-11/h1-6H,7H2. The third-order valence-electron chi connectivity index (χ3n) is 2.22. The lowest BCUT2D eigenvalue weighted by molar-refractivity contribution is 0.305. The molecule has 0 N–H and O–H groups in total. The molecule has 0 radical (unpaired) electrons. The number of rotatable bonds is 3. The molecule has 2 rings (SSSR count). The van der Waals surface area contributed by atoms with Crippen LogP contribution in [0, 0.1) is 11.6 Å². The van der Waals surface area contributed by atoms with E-state index in [-0.39, 0.29) is 17.4 Å². The Morgan fingerprint density at radius 2 is 1.89 bits per heavy atom. The number of halogens is 4. The van der Waals surface area contributed by atoms with E-state index in [1.165, 1.54) is 30.3 Å². The molecule has 0 atom stereocenters. The Bertz CT molecular complexity index is 555. The summed E-state index contributed by atoms with van der Waals surface area (Å²) < 4.78 is 32.1. The third-order valence-corrected chi connectivity index (χ3v) is 2.97. The smallest absolute Gasteiger partial charge is 0.142 e. The van der Waals surface area contributed by atoms with E-state index in [4.69, 9.17) is 16.3 Å². The van der Waals surface area contributed by atoms with Crippen molar-refractivity contribution in [1.29, 1.82) is 0 Å². The molecule has 0 saturated carbocycles. The minimum absolute atomic E-state index is 0.00655. The van der Waals surface area contributed by atoms with E-state index in [0.29, 0.717) is 15.8 Å². The van der Waals surface area contributed by atoms with Crippen LogP contribution in [0.15, 0.2) is 40.9 Å². The summed E-state index contributed by atoms with van der Waals surface area (Å²) in [6.07, 6.45) is 0. The van der Waals surface area contributed by atoms with Gasteiger partial charge in [-0.1, -0.05) is 27.5 Å². The Hall–Kier alpha value is -1.13. The first-order chi connectivity index (χ1) is 8.54. The zero-order valence-electron chi connectivity index (χ0n) is 9.09. The molecule has 0 saturated heterocycles. The van der Waals surface area contributed by atoms with E-state index in [1.54, 1.807) is 6.07 Å². The highest BCUT2D eigenvalue weighted by molar-refractivity contribution is 9.10. The first-order valence-corrected chi connectivity index (χ1v) is 6.24. The highest BCUT2D eigenvalue weighted by atomic mass is 79.9. The van der Waals surface area contributed by atoms with E-state index in [1.807, 2.05) is 0 Å². The molecule has 0 unspecified atom stereocenters. The Labute approximate surface area is 116 Å². The topological polar surface area (TPSA) is 9.23 Å². The molecule has 0 aliphatic carbocycles. The first-order valence-electron chi connectivity index (χ1n) is 5.07. The molecule has 0 aromatic heterocycles. The van der Waals surface area contributed by atoms with Crippen molar-refractivity contribution >= 4 is 27.5 Å². The molecule has 0 aliphatic heterocycles. The van der Waals surface area contributed by atoms with Crippen LogP contribution in [0.25, 0.3) is 0 Å². The van der Waals surface area contributed by atoms with Gasteiger partial charge in [0.25, 0.3) is 0 Å².